The van der Waals surface area contributed by atoms with Crippen molar-refractivity contribution in [2.24, 2.45) is 0 Å². The molecule has 0 fully saturated rings. The van der Waals surface area contributed by atoms with Gasteiger partial charge >= 0.3 is 5.97 Å². The number of rotatable bonds is 16. The summed E-state index contributed by atoms with van der Waals surface area (Å²) in [4.78, 5) is 21.2. The van der Waals surface area contributed by atoms with Crippen LogP contribution in [-0.4, -0.2) is 22.8 Å². The van der Waals surface area contributed by atoms with Gasteiger partial charge in [-0.15, -0.1) is 0 Å². The van der Waals surface area contributed by atoms with Gasteiger partial charge in [0.2, 0.25) is 0 Å². The molecule has 0 aliphatic heterocycles. The lowest BCUT2D eigenvalue weighted by atomic mass is 10.1. The van der Waals surface area contributed by atoms with Crippen LogP contribution in [0.25, 0.3) is 0 Å². The van der Waals surface area contributed by atoms with Gasteiger partial charge < -0.3 is 5.11 Å². The monoisotopic (exact) mass is 370 g/mol. The Hall–Kier alpha value is -0.870. The van der Waals surface area contributed by atoms with Gasteiger partial charge in [-0.25, -0.2) is 4.79 Å². The van der Waals surface area contributed by atoms with Crippen LogP contribution in [0.5, 0.6) is 0 Å². The highest BCUT2D eigenvalue weighted by molar-refractivity contribution is 5.68. The molecule has 0 spiro atoms. The van der Waals surface area contributed by atoms with Crippen LogP contribution in [-0.2, 0) is 14.6 Å². The molecular weight excluding hydrogens is 328 g/mol. The molecule has 4 heteroatoms. The number of unbranched alkanes of at least 4 members (excludes halogenated alkanes) is 8. The van der Waals surface area contributed by atoms with Gasteiger partial charge in [-0.1, -0.05) is 64.0 Å². The van der Waals surface area contributed by atoms with Gasteiger partial charge in [-0.2, -0.15) is 4.89 Å². The topological polar surface area (TPSA) is 55.8 Å². The molecule has 4 nitrogen and oxygen atoms in total. The minimum absolute atomic E-state index is 0.176. The predicted molar refractivity (Wildman–Crippen MR) is 108 cm³/mol. The van der Waals surface area contributed by atoms with Crippen LogP contribution < -0.4 is 0 Å². The molecule has 1 N–H and O–H groups in total. The Morgan fingerprint density at radius 2 is 1.62 bits per heavy atom. The van der Waals surface area contributed by atoms with Crippen molar-refractivity contribution >= 4 is 5.97 Å². The number of aliphatic hydroxyl groups excluding tert-OH is 1. The third-order valence-corrected chi connectivity index (χ3v) is 4.10. The van der Waals surface area contributed by atoms with Crippen molar-refractivity contribution in [1.82, 2.24) is 0 Å². The van der Waals surface area contributed by atoms with E-state index in [-0.39, 0.29) is 12.1 Å². The van der Waals surface area contributed by atoms with Crippen LogP contribution in [0.15, 0.2) is 12.2 Å². The van der Waals surface area contributed by atoms with E-state index in [0.717, 1.165) is 44.9 Å². The highest BCUT2D eigenvalue weighted by Gasteiger charge is 2.14. The average molecular weight is 371 g/mol. The van der Waals surface area contributed by atoms with Crippen LogP contribution in [0.1, 0.15) is 111 Å². The van der Waals surface area contributed by atoms with E-state index >= 15 is 0 Å². The number of hydrogen-bond acceptors (Lipinski definition) is 4. The van der Waals surface area contributed by atoms with E-state index in [1.807, 2.05) is 20.8 Å². The second-order valence-corrected chi connectivity index (χ2v) is 8.17. The van der Waals surface area contributed by atoms with Crippen molar-refractivity contribution in [2.45, 2.75) is 123 Å². The molecular formula is C22H42O4. The number of hydrogen-bond donors (Lipinski definition) is 1. The van der Waals surface area contributed by atoms with Crippen molar-refractivity contribution in [1.29, 1.82) is 0 Å². The summed E-state index contributed by atoms with van der Waals surface area (Å²) in [6.45, 7) is 7.76. The highest BCUT2D eigenvalue weighted by Crippen LogP contribution is 2.12. The average Bonchev–Trinajstić information content (AvgIpc) is 2.58. The molecule has 0 aliphatic rings. The van der Waals surface area contributed by atoms with Gasteiger partial charge in [-0.05, 0) is 52.9 Å². The van der Waals surface area contributed by atoms with Gasteiger partial charge in [0, 0.05) is 6.42 Å². The van der Waals surface area contributed by atoms with Crippen molar-refractivity contribution in [3.63, 3.8) is 0 Å². The van der Waals surface area contributed by atoms with Crippen molar-refractivity contribution in [3.8, 4) is 0 Å². The molecule has 0 radical (unpaired) electrons. The minimum Gasteiger partial charge on any atom is -0.393 e. The molecule has 154 valence electrons. The van der Waals surface area contributed by atoms with Crippen molar-refractivity contribution in [2.75, 3.05) is 0 Å². The highest BCUT2D eigenvalue weighted by atomic mass is 17.2. The summed E-state index contributed by atoms with van der Waals surface area (Å²) in [5.74, 6) is -0.281. The first-order chi connectivity index (χ1) is 12.3. The molecule has 1 unspecified atom stereocenters. The lowest BCUT2D eigenvalue weighted by Crippen LogP contribution is -2.21. The minimum atomic E-state index is -0.450. The smallest absolute Gasteiger partial charge is 0.342 e. The van der Waals surface area contributed by atoms with E-state index in [1.54, 1.807) is 0 Å². The first-order valence-corrected chi connectivity index (χ1v) is 10.6. The molecule has 0 aromatic rings. The maximum Gasteiger partial charge on any atom is 0.342 e. The van der Waals surface area contributed by atoms with Gasteiger partial charge in [0.25, 0.3) is 0 Å². The molecule has 0 saturated heterocycles. The second kappa shape index (κ2) is 16.3. The molecule has 0 bridgehead atoms. The van der Waals surface area contributed by atoms with Gasteiger partial charge in [0.05, 0.1) is 6.10 Å². The summed E-state index contributed by atoms with van der Waals surface area (Å²) in [5.41, 5.74) is -0.450. The third kappa shape index (κ3) is 19.5. The predicted octanol–water partition coefficient (Wildman–Crippen LogP) is 6.27. The van der Waals surface area contributed by atoms with Gasteiger partial charge in [0.15, 0.2) is 0 Å². The first-order valence-electron chi connectivity index (χ1n) is 10.6. The van der Waals surface area contributed by atoms with Crippen LogP contribution in [0.3, 0.4) is 0 Å². The SMILES string of the molecule is CCCCCCC(O)C/C=C/CCCCCCCC(=O)OOC(C)(C)C. The molecule has 0 rings (SSSR count). The summed E-state index contributed by atoms with van der Waals surface area (Å²) in [5, 5.41) is 9.88. The van der Waals surface area contributed by atoms with E-state index < -0.39 is 5.60 Å². The maximum absolute atomic E-state index is 11.5. The standard InChI is InChI=1S/C22H42O4/c1-5-6-7-14-17-20(23)18-15-12-10-8-9-11-13-16-19-21(24)25-26-22(2,3)4/h12,15,20,23H,5-11,13-14,16-19H2,1-4H3/b15-12+. The van der Waals surface area contributed by atoms with Gasteiger partial charge in [0.1, 0.15) is 5.60 Å². The third-order valence-electron chi connectivity index (χ3n) is 4.10. The van der Waals surface area contributed by atoms with Crippen molar-refractivity contribution < 1.29 is 19.7 Å². The van der Waals surface area contributed by atoms with E-state index in [4.69, 9.17) is 9.78 Å². The summed E-state index contributed by atoms with van der Waals surface area (Å²) >= 11 is 0. The quantitative estimate of drug-likeness (QED) is 0.151. The maximum atomic E-state index is 11.5. The Bertz CT molecular complexity index is 358. The summed E-state index contributed by atoms with van der Waals surface area (Å²) in [6, 6.07) is 0. The Morgan fingerprint density at radius 1 is 0.962 bits per heavy atom. The fraction of sp³-hybridized carbons (Fsp3) is 0.864. The zero-order chi connectivity index (χ0) is 19.7. The lowest BCUT2D eigenvalue weighted by molar-refractivity contribution is -0.320. The van der Waals surface area contributed by atoms with E-state index in [9.17, 15) is 9.90 Å². The molecule has 0 aromatic heterocycles. The van der Waals surface area contributed by atoms with Crippen LogP contribution in [0, 0.1) is 0 Å². The zero-order valence-corrected chi connectivity index (χ0v) is 17.6. The molecule has 0 amide bonds. The van der Waals surface area contributed by atoms with E-state index in [1.165, 1.54) is 32.1 Å². The van der Waals surface area contributed by atoms with E-state index in [2.05, 4.69) is 19.1 Å². The van der Waals surface area contributed by atoms with Crippen LogP contribution in [0.2, 0.25) is 0 Å². The fourth-order valence-electron chi connectivity index (χ4n) is 2.57. The number of carbonyl (C=O) groups excluding carboxylic acids is 1. The Labute approximate surface area is 161 Å². The first kappa shape index (κ1) is 25.1. The second-order valence-electron chi connectivity index (χ2n) is 8.17. The van der Waals surface area contributed by atoms with Crippen LogP contribution in [0.4, 0.5) is 0 Å². The van der Waals surface area contributed by atoms with Crippen molar-refractivity contribution in [3.05, 3.63) is 12.2 Å². The number of aliphatic hydroxyl groups is 1. The normalized spacial score (nSPS) is 13.3. The summed E-state index contributed by atoms with van der Waals surface area (Å²) in [7, 11) is 0. The summed E-state index contributed by atoms with van der Waals surface area (Å²) in [6.07, 6.45) is 17.6. The Balaban J connectivity index is 3.38. The van der Waals surface area contributed by atoms with Gasteiger partial charge in [-0.3, -0.25) is 4.89 Å². The molecule has 1 atom stereocenters. The molecule has 0 aliphatic carbocycles. The lowest BCUT2D eigenvalue weighted by Gasteiger charge is -2.16. The molecule has 0 heterocycles. The Morgan fingerprint density at radius 3 is 2.31 bits per heavy atom. The van der Waals surface area contributed by atoms with E-state index in [0.29, 0.717) is 6.42 Å². The molecule has 0 saturated carbocycles. The largest absolute Gasteiger partial charge is 0.393 e. The molecule has 26 heavy (non-hydrogen) atoms. The number of carbonyl (C=O) groups is 1. The fourth-order valence-corrected chi connectivity index (χ4v) is 2.57. The Kier molecular flexibility index (Phi) is 15.8. The van der Waals surface area contributed by atoms with Crippen LogP contribution >= 0.6 is 0 Å². The summed E-state index contributed by atoms with van der Waals surface area (Å²) < 4.78 is 0. The number of allylic oxidation sites excluding steroid dienone is 1. The molecule has 0 aromatic carbocycles. The zero-order valence-electron chi connectivity index (χ0n) is 17.6.